The molecule has 0 saturated heterocycles. The van der Waals surface area contributed by atoms with Crippen molar-refractivity contribution in [3.05, 3.63) is 61.0 Å². The van der Waals surface area contributed by atoms with Crippen LogP contribution in [0.15, 0.2) is 34.8 Å². The quantitative estimate of drug-likeness (QED) is 0.549. The Hall–Kier alpha value is -0.940. The summed E-state index contributed by atoms with van der Waals surface area (Å²) < 4.78 is 6.04. The minimum atomic E-state index is -0.556. The van der Waals surface area contributed by atoms with Crippen molar-refractivity contribution in [3.63, 3.8) is 0 Å². The highest BCUT2D eigenvalue weighted by molar-refractivity contribution is 9.10. The molecule has 0 bridgehead atoms. The number of carbonyl (C=O) groups excluding carboxylic acids is 1. The summed E-state index contributed by atoms with van der Waals surface area (Å²) in [5.41, 5.74) is 6.80. The van der Waals surface area contributed by atoms with Crippen LogP contribution in [0.2, 0.25) is 15.1 Å². The lowest BCUT2D eigenvalue weighted by atomic mass is 10.2. The number of anilines is 1. The summed E-state index contributed by atoms with van der Waals surface area (Å²) in [6, 6.07) is 8.13. The second-order valence-corrected chi connectivity index (χ2v) is 6.28. The van der Waals surface area contributed by atoms with Crippen LogP contribution in [0.3, 0.4) is 0 Å². The lowest BCUT2D eigenvalue weighted by molar-refractivity contribution is 0.0473. The van der Waals surface area contributed by atoms with Gasteiger partial charge in [0.1, 0.15) is 6.61 Å². The minimum absolute atomic E-state index is 0.0467. The Kier molecular flexibility index (Phi) is 5.38. The highest BCUT2D eigenvalue weighted by Gasteiger charge is 2.13. The van der Waals surface area contributed by atoms with E-state index in [4.69, 9.17) is 45.3 Å². The maximum absolute atomic E-state index is 12.0. The van der Waals surface area contributed by atoms with E-state index < -0.39 is 5.97 Å². The molecule has 21 heavy (non-hydrogen) atoms. The average Bonchev–Trinajstić information content (AvgIpc) is 2.43. The fourth-order valence-corrected chi connectivity index (χ4v) is 2.66. The van der Waals surface area contributed by atoms with E-state index in [-0.39, 0.29) is 27.9 Å². The molecular weight excluding hydrogens is 400 g/mol. The molecule has 0 amide bonds. The lowest BCUT2D eigenvalue weighted by Gasteiger charge is -2.09. The van der Waals surface area contributed by atoms with Gasteiger partial charge in [-0.3, -0.25) is 0 Å². The van der Waals surface area contributed by atoms with Crippen LogP contribution in [-0.4, -0.2) is 5.97 Å². The van der Waals surface area contributed by atoms with Crippen molar-refractivity contribution < 1.29 is 9.53 Å². The molecule has 2 rings (SSSR count). The number of halogens is 4. The second-order valence-electron chi connectivity index (χ2n) is 4.17. The van der Waals surface area contributed by atoms with E-state index in [2.05, 4.69) is 15.9 Å². The number of esters is 1. The van der Waals surface area contributed by atoms with Crippen LogP contribution in [0.1, 0.15) is 15.9 Å². The monoisotopic (exact) mass is 407 g/mol. The fraction of sp³-hybridized carbons (Fsp3) is 0.0714. The molecule has 0 unspecified atom stereocenters. The number of nitrogen functional groups attached to an aromatic ring is 1. The van der Waals surface area contributed by atoms with Crippen molar-refractivity contribution in [1.29, 1.82) is 0 Å². The first-order chi connectivity index (χ1) is 9.88. The van der Waals surface area contributed by atoms with Gasteiger partial charge in [-0.25, -0.2) is 4.79 Å². The largest absolute Gasteiger partial charge is 0.457 e. The predicted molar refractivity (Wildman–Crippen MR) is 89.1 cm³/mol. The van der Waals surface area contributed by atoms with Crippen molar-refractivity contribution in [2.24, 2.45) is 0 Å². The molecule has 0 saturated carbocycles. The van der Waals surface area contributed by atoms with Crippen LogP contribution in [0, 0.1) is 0 Å². The Labute approximate surface area is 145 Å². The molecule has 3 nitrogen and oxygen atoms in total. The maximum atomic E-state index is 12.0. The number of benzene rings is 2. The third-order valence-electron chi connectivity index (χ3n) is 2.67. The molecular formula is C14H9BrCl3NO2. The van der Waals surface area contributed by atoms with Gasteiger partial charge >= 0.3 is 5.97 Å². The van der Waals surface area contributed by atoms with Gasteiger partial charge in [-0.2, -0.15) is 0 Å². The molecule has 0 heterocycles. The smallest absolute Gasteiger partial charge is 0.338 e. The summed E-state index contributed by atoms with van der Waals surface area (Å²) in [4.78, 5) is 12.0. The molecule has 0 aliphatic carbocycles. The number of hydrogen-bond acceptors (Lipinski definition) is 3. The van der Waals surface area contributed by atoms with Crippen molar-refractivity contribution in [2.45, 2.75) is 6.61 Å². The number of carbonyl (C=O) groups is 1. The zero-order chi connectivity index (χ0) is 15.6. The Morgan fingerprint density at radius 2 is 1.86 bits per heavy atom. The SMILES string of the molecule is Nc1cc(C(=O)OCc2ccc(Br)cc2Cl)cc(Cl)c1Cl. The second kappa shape index (κ2) is 6.88. The Morgan fingerprint density at radius 3 is 2.48 bits per heavy atom. The Balaban J connectivity index is 2.12. The number of nitrogens with two attached hydrogens (primary N) is 1. The van der Waals surface area contributed by atoms with Gasteiger partial charge in [-0.15, -0.1) is 0 Å². The standard InChI is InChI=1S/C14H9BrCl3NO2/c15-9-2-1-7(10(16)5-9)6-21-14(20)8-3-11(17)13(18)12(19)4-8/h1-5H,6,19H2. The number of ether oxygens (including phenoxy) is 1. The van der Waals surface area contributed by atoms with E-state index in [9.17, 15) is 4.79 Å². The van der Waals surface area contributed by atoms with Crippen molar-refractivity contribution in [3.8, 4) is 0 Å². The van der Waals surface area contributed by atoms with Crippen molar-refractivity contribution >= 4 is 62.4 Å². The molecule has 2 aromatic carbocycles. The molecule has 2 N–H and O–H groups in total. The van der Waals surface area contributed by atoms with Gasteiger partial charge in [0.25, 0.3) is 0 Å². The molecule has 0 aliphatic heterocycles. The van der Waals surface area contributed by atoms with E-state index in [1.807, 2.05) is 6.07 Å². The summed E-state index contributed by atoms with van der Waals surface area (Å²) in [6.45, 7) is 0.0467. The fourth-order valence-electron chi connectivity index (χ4n) is 1.59. The van der Waals surface area contributed by atoms with Crippen LogP contribution in [0.5, 0.6) is 0 Å². The zero-order valence-corrected chi connectivity index (χ0v) is 14.4. The number of rotatable bonds is 3. The first kappa shape index (κ1) is 16.4. The summed E-state index contributed by atoms with van der Waals surface area (Å²) in [6.07, 6.45) is 0. The van der Waals surface area contributed by atoms with Gasteiger partial charge in [0.2, 0.25) is 0 Å². The van der Waals surface area contributed by atoms with Crippen LogP contribution in [-0.2, 0) is 11.3 Å². The van der Waals surface area contributed by atoms with Gasteiger partial charge in [0.15, 0.2) is 0 Å². The summed E-state index contributed by atoms with van der Waals surface area (Å²) >= 11 is 21.1. The van der Waals surface area contributed by atoms with Crippen LogP contribution in [0.4, 0.5) is 5.69 Å². The van der Waals surface area contributed by atoms with E-state index >= 15 is 0 Å². The molecule has 0 spiro atoms. The van der Waals surface area contributed by atoms with Crippen molar-refractivity contribution in [2.75, 3.05) is 5.73 Å². The van der Waals surface area contributed by atoms with Crippen molar-refractivity contribution in [1.82, 2.24) is 0 Å². The zero-order valence-electron chi connectivity index (χ0n) is 10.5. The summed E-state index contributed by atoms with van der Waals surface area (Å²) in [5, 5.41) is 0.917. The van der Waals surface area contributed by atoms with Gasteiger partial charge in [-0.05, 0) is 24.3 Å². The van der Waals surface area contributed by atoms with E-state index in [0.29, 0.717) is 10.6 Å². The molecule has 2 aromatic rings. The average molecular weight is 409 g/mol. The molecule has 0 aliphatic rings. The highest BCUT2D eigenvalue weighted by Crippen LogP contribution is 2.30. The topological polar surface area (TPSA) is 52.3 Å². The van der Waals surface area contributed by atoms with E-state index in [1.54, 1.807) is 12.1 Å². The summed E-state index contributed by atoms with van der Waals surface area (Å²) in [5.74, 6) is -0.556. The molecule has 0 radical (unpaired) electrons. The maximum Gasteiger partial charge on any atom is 0.338 e. The molecule has 110 valence electrons. The van der Waals surface area contributed by atoms with Crippen LogP contribution >= 0.6 is 50.7 Å². The Morgan fingerprint density at radius 1 is 1.14 bits per heavy atom. The molecule has 7 heteroatoms. The van der Waals surface area contributed by atoms with Gasteiger partial charge in [0.05, 0.1) is 21.3 Å². The first-order valence-electron chi connectivity index (χ1n) is 5.74. The lowest BCUT2D eigenvalue weighted by Crippen LogP contribution is -2.06. The summed E-state index contributed by atoms with van der Waals surface area (Å²) in [7, 11) is 0. The highest BCUT2D eigenvalue weighted by atomic mass is 79.9. The number of hydrogen-bond donors (Lipinski definition) is 1. The third-order valence-corrected chi connectivity index (χ3v) is 4.33. The van der Waals surface area contributed by atoms with Gasteiger partial charge in [-0.1, -0.05) is 56.8 Å². The van der Waals surface area contributed by atoms with E-state index in [1.165, 1.54) is 12.1 Å². The normalized spacial score (nSPS) is 10.5. The van der Waals surface area contributed by atoms with Crippen LogP contribution in [0.25, 0.3) is 0 Å². The molecule has 0 fully saturated rings. The first-order valence-corrected chi connectivity index (χ1v) is 7.66. The third kappa shape index (κ3) is 4.04. The Bertz CT molecular complexity index is 684. The molecule has 0 aromatic heterocycles. The van der Waals surface area contributed by atoms with Gasteiger partial charge < -0.3 is 10.5 Å². The van der Waals surface area contributed by atoms with E-state index in [0.717, 1.165) is 4.47 Å². The predicted octanol–water partition coefficient (Wildman–Crippen LogP) is 5.35. The molecule has 0 atom stereocenters. The van der Waals surface area contributed by atoms with Crippen LogP contribution < -0.4 is 5.73 Å². The van der Waals surface area contributed by atoms with Gasteiger partial charge in [0, 0.05) is 15.1 Å². The minimum Gasteiger partial charge on any atom is -0.457 e.